The van der Waals surface area contributed by atoms with Crippen LogP contribution < -0.4 is 0 Å². The molecule has 0 spiro atoms. The summed E-state index contributed by atoms with van der Waals surface area (Å²) < 4.78 is 35.6. The zero-order chi connectivity index (χ0) is 19.5. The Morgan fingerprint density at radius 1 is 0.692 bits per heavy atom. The summed E-state index contributed by atoms with van der Waals surface area (Å²) in [5.41, 5.74) is -0.291. The van der Waals surface area contributed by atoms with E-state index in [9.17, 15) is 9.09 Å². The molecule has 0 N–H and O–H groups in total. The molecule has 0 saturated carbocycles. The lowest BCUT2D eigenvalue weighted by Gasteiger charge is -2.23. The third-order valence-electron chi connectivity index (χ3n) is 5.09. The highest BCUT2D eigenvalue weighted by atomic mass is 31.2. The lowest BCUT2D eigenvalue weighted by Crippen LogP contribution is -2.13. The molecule has 5 heteroatoms. The zero-order valence-electron chi connectivity index (χ0n) is 17.6. The maximum Gasteiger partial charge on any atom is 0.366 e. The minimum absolute atomic E-state index is 0.291. The second-order valence-corrected chi connectivity index (χ2v) is 9.77. The van der Waals surface area contributed by atoms with Gasteiger partial charge in [-0.2, -0.15) is 0 Å². The highest BCUT2D eigenvalue weighted by molar-refractivity contribution is 7.54. The van der Waals surface area contributed by atoms with Gasteiger partial charge in [-0.25, -0.2) is 0 Å². The molecule has 0 bridgehead atoms. The molecule has 2 unspecified atom stereocenters. The minimum Gasteiger partial charge on any atom is -0.307 e. The van der Waals surface area contributed by atoms with E-state index in [4.69, 9.17) is 4.52 Å². The molecule has 0 aliphatic heterocycles. The Kier molecular flexibility index (Phi) is 18.5. The first-order chi connectivity index (χ1) is 12.6. The van der Waals surface area contributed by atoms with E-state index in [1.165, 1.54) is 38.5 Å². The Labute approximate surface area is 162 Å². The van der Waals surface area contributed by atoms with Crippen LogP contribution in [0.15, 0.2) is 0 Å². The van der Waals surface area contributed by atoms with Crippen molar-refractivity contribution in [2.24, 2.45) is 0 Å². The molecule has 158 valence electrons. The summed E-state index contributed by atoms with van der Waals surface area (Å²) in [5, 5.41) is 0. The van der Waals surface area contributed by atoms with E-state index in [1.54, 1.807) is 0 Å². The molecule has 0 amide bonds. The molecule has 2 atom stereocenters. The number of rotatable bonds is 20. The van der Waals surface area contributed by atoms with Crippen LogP contribution in [0.5, 0.6) is 0 Å². The van der Waals surface area contributed by atoms with Crippen molar-refractivity contribution in [1.82, 2.24) is 0 Å². The summed E-state index contributed by atoms with van der Waals surface area (Å²) in [6, 6.07) is 0. The fourth-order valence-corrected chi connectivity index (χ4v) is 5.07. The quantitative estimate of drug-likeness (QED) is 0.153. The van der Waals surface area contributed by atoms with E-state index in [0.29, 0.717) is 6.61 Å². The smallest absolute Gasteiger partial charge is 0.307 e. The van der Waals surface area contributed by atoms with Gasteiger partial charge in [0.25, 0.3) is 0 Å². The van der Waals surface area contributed by atoms with Gasteiger partial charge in [0, 0.05) is 0 Å². The van der Waals surface area contributed by atoms with Crippen molar-refractivity contribution in [3.8, 4) is 0 Å². The van der Waals surface area contributed by atoms with Crippen molar-refractivity contribution in [3.05, 3.63) is 0 Å². The van der Waals surface area contributed by atoms with Gasteiger partial charge >= 0.3 is 7.60 Å². The SMILES string of the molecule is CCCCCCCCOP(=O)(OF)C(CCCCC)CCCCCCC. The van der Waals surface area contributed by atoms with Gasteiger partial charge in [0.15, 0.2) is 0 Å². The molecule has 0 aliphatic carbocycles. The Hall–Kier alpha value is 0.0800. The van der Waals surface area contributed by atoms with Crippen LogP contribution in [0.4, 0.5) is 4.53 Å². The molecule has 0 saturated heterocycles. The van der Waals surface area contributed by atoms with Gasteiger partial charge in [-0.15, -0.1) is 4.73 Å². The first-order valence-electron chi connectivity index (χ1n) is 11.2. The normalized spacial score (nSPS) is 15.1. The van der Waals surface area contributed by atoms with Gasteiger partial charge in [0.05, 0.1) is 12.3 Å². The van der Waals surface area contributed by atoms with Crippen molar-refractivity contribution in [3.63, 3.8) is 0 Å². The van der Waals surface area contributed by atoms with Gasteiger partial charge < -0.3 is 4.52 Å². The van der Waals surface area contributed by atoms with Gasteiger partial charge in [0.2, 0.25) is 0 Å². The van der Waals surface area contributed by atoms with Gasteiger partial charge in [0.1, 0.15) is 0 Å². The number of unbranched alkanes of at least 4 members (excludes halogenated alkanes) is 11. The first-order valence-corrected chi connectivity index (χ1v) is 12.8. The van der Waals surface area contributed by atoms with Crippen molar-refractivity contribution >= 4 is 7.60 Å². The fraction of sp³-hybridized carbons (Fsp3) is 1.00. The molecule has 3 nitrogen and oxygen atoms in total. The molecular formula is C21H44FO3P. The zero-order valence-corrected chi connectivity index (χ0v) is 18.5. The topological polar surface area (TPSA) is 35.5 Å². The van der Waals surface area contributed by atoms with E-state index in [2.05, 4.69) is 25.5 Å². The third kappa shape index (κ3) is 13.3. The molecule has 0 aromatic carbocycles. The molecule has 0 fully saturated rings. The highest BCUT2D eigenvalue weighted by Gasteiger charge is 2.36. The third-order valence-corrected chi connectivity index (χ3v) is 7.24. The standard InChI is InChI=1S/C21H44FO3P/c1-4-7-10-12-14-17-20-24-26(23,25-22)21(18-15-9-6-3)19-16-13-11-8-5-2/h21H,4-20H2,1-3H3. The summed E-state index contributed by atoms with van der Waals surface area (Å²) >= 11 is 0. The van der Waals surface area contributed by atoms with Crippen molar-refractivity contribution in [2.75, 3.05) is 6.61 Å². The summed E-state index contributed by atoms with van der Waals surface area (Å²) in [5.74, 6) is 0. The number of hydrogen-bond acceptors (Lipinski definition) is 3. The predicted molar refractivity (Wildman–Crippen MR) is 110 cm³/mol. The van der Waals surface area contributed by atoms with Crippen molar-refractivity contribution in [2.45, 2.75) is 129 Å². The fourth-order valence-electron chi connectivity index (χ4n) is 3.33. The molecule has 0 aliphatic rings. The lowest BCUT2D eigenvalue weighted by molar-refractivity contribution is -0.0300. The molecule has 26 heavy (non-hydrogen) atoms. The van der Waals surface area contributed by atoms with Gasteiger partial charge in [-0.1, -0.05) is 104 Å². The Balaban J connectivity index is 4.36. The Morgan fingerprint density at radius 3 is 1.65 bits per heavy atom. The average molecular weight is 395 g/mol. The molecule has 0 aromatic rings. The van der Waals surface area contributed by atoms with Crippen molar-refractivity contribution < 1.29 is 18.3 Å². The van der Waals surface area contributed by atoms with E-state index in [0.717, 1.165) is 64.2 Å². The van der Waals surface area contributed by atoms with Crippen LogP contribution in [0.25, 0.3) is 0 Å². The largest absolute Gasteiger partial charge is 0.366 e. The van der Waals surface area contributed by atoms with Gasteiger partial charge in [-0.05, 0) is 23.8 Å². The molecule has 0 radical (unpaired) electrons. The molecular weight excluding hydrogens is 350 g/mol. The summed E-state index contributed by atoms with van der Waals surface area (Å²) in [4.78, 5) is 0. The molecule has 0 rings (SSSR count). The number of halogens is 1. The van der Waals surface area contributed by atoms with E-state index < -0.39 is 7.60 Å². The van der Waals surface area contributed by atoms with E-state index in [-0.39, 0.29) is 5.66 Å². The maximum atomic E-state index is 13.2. The van der Waals surface area contributed by atoms with Gasteiger partial charge in [-0.3, -0.25) is 4.57 Å². The second kappa shape index (κ2) is 18.4. The summed E-state index contributed by atoms with van der Waals surface area (Å²) in [6.07, 6.45) is 17.1. The Bertz CT molecular complexity index is 339. The lowest BCUT2D eigenvalue weighted by atomic mass is 10.1. The summed E-state index contributed by atoms with van der Waals surface area (Å²) in [7, 11) is -3.63. The monoisotopic (exact) mass is 394 g/mol. The van der Waals surface area contributed by atoms with Crippen LogP contribution in [0.3, 0.4) is 0 Å². The average Bonchev–Trinajstić information content (AvgIpc) is 2.65. The predicted octanol–water partition coefficient (Wildman–Crippen LogP) is 8.77. The van der Waals surface area contributed by atoms with Crippen molar-refractivity contribution in [1.29, 1.82) is 0 Å². The summed E-state index contributed by atoms with van der Waals surface area (Å²) in [6.45, 7) is 6.86. The molecule has 0 heterocycles. The van der Waals surface area contributed by atoms with E-state index >= 15 is 0 Å². The van der Waals surface area contributed by atoms with Crippen LogP contribution in [0.2, 0.25) is 0 Å². The second-order valence-electron chi connectivity index (χ2n) is 7.56. The van der Waals surface area contributed by atoms with E-state index in [1.807, 2.05) is 0 Å². The Morgan fingerprint density at radius 2 is 1.12 bits per heavy atom. The maximum absolute atomic E-state index is 13.2. The highest BCUT2D eigenvalue weighted by Crippen LogP contribution is 2.56. The minimum atomic E-state index is -3.63. The van der Waals surface area contributed by atoms with Crippen LogP contribution in [-0.2, 0) is 13.8 Å². The number of hydrogen-bond donors (Lipinski definition) is 0. The van der Waals surface area contributed by atoms with Crippen LogP contribution in [0, 0.1) is 0 Å². The first kappa shape index (κ1) is 26.1. The van der Waals surface area contributed by atoms with Crippen LogP contribution in [-0.4, -0.2) is 12.3 Å². The molecule has 0 aromatic heterocycles. The van der Waals surface area contributed by atoms with Crippen LogP contribution >= 0.6 is 7.60 Å². The van der Waals surface area contributed by atoms with Crippen LogP contribution in [0.1, 0.15) is 124 Å².